The Morgan fingerprint density at radius 2 is 2.21 bits per heavy atom. The number of aliphatic hydroxyl groups excluding tert-OH is 1. The second kappa shape index (κ2) is 6.41. The van der Waals surface area contributed by atoms with Crippen LogP contribution in [0.25, 0.3) is 0 Å². The summed E-state index contributed by atoms with van der Waals surface area (Å²) in [5.41, 5.74) is 0.611. The molecule has 106 valence electrons. The van der Waals surface area contributed by atoms with Crippen molar-refractivity contribution in [1.82, 2.24) is 9.47 Å². The highest BCUT2D eigenvalue weighted by Crippen LogP contribution is 2.19. The van der Waals surface area contributed by atoms with Gasteiger partial charge >= 0.3 is 0 Å². The van der Waals surface area contributed by atoms with Crippen molar-refractivity contribution in [3.8, 4) is 0 Å². The van der Waals surface area contributed by atoms with Crippen molar-refractivity contribution < 1.29 is 14.6 Å². The Bertz CT molecular complexity index is 439. The minimum absolute atomic E-state index is 0.00927. The van der Waals surface area contributed by atoms with E-state index in [0.717, 1.165) is 12.8 Å². The number of aliphatic hydroxyl groups is 1. The Morgan fingerprint density at radius 1 is 1.53 bits per heavy atom. The molecule has 0 unspecified atom stereocenters. The number of hydrogen-bond acceptors (Lipinski definition) is 3. The molecule has 1 aliphatic rings. The number of rotatable bonds is 4. The molecule has 6 heteroatoms. The summed E-state index contributed by atoms with van der Waals surface area (Å²) in [6.07, 6.45) is 3.49. The van der Waals surface area contributed by atoms with Crippen LogP contribution in [0.1, 0.15) is 23.3 Å². The maximum atomic E-state index is 12.3. The van der Waals surface area contributed by atoms with Gasteiger partial charge in [-0.2, -0.15) is 0 Å². The van der Waals surface area contributed by atoms with E-state index in [1.807, 2.05) is 11.9 Å². The second-order valence-electron chi connectivity index (χ2n) is 4.74. The first-order valence-electron chi connectivity index (χ1n) is 6.45. The van der Waals surface area contributed by atoms with E-state index < -0.39 is 0 Å². The van der Waals surface area contributed by atoms with Gasteiger partial charge in [-0.15, -0.1) is 0 Å². The van der Waals surface area contributed by atoms with Crippen molar-refractivity contribution >= 4 is 17.5 Å². The van der Waals surface area contributed by atoms with E-state index >= 15 is 0 Å². The molecule has 1 aromatic rings. The van der Waals surface area contributed by atoms with Crippen LogP contribution in [0.3, 0.4) is 0 Å². The summed E-state index contributed by atoms with van der Waals surface area (Å²) in [5, 5.41) is 9.29. The van der Waals surface area contributed by atoms with Crippen molar-refractivity contribution in [3.05, 3.63) is 23.0 Å². The Labute approximate surface area is 117 Å². The molecular weight excluding hydrogens is 268 g/mol. The predicted octanol–water partition coefficient (Wildman–Crippen LogP) is 1.29. The zero-order valence-electron chi connectivity index (χ0n) is 11.0. The first kappa shape index (κ1) is 14.4. The van der Waals surface area contributed by atoms with Gasteiger partial charge in [-0.3, -0.25) is 4.79 Å². The molecule has 1 amide bonds. The fraction of sp³-hybridized carbons (Fsp3) is 0.615. The van der Waals surface area contributed by atoms with Gasteiger partial charge < -0.3 is 19.3 Å². The fourth-order valence-electron chi connectivity index (χ4n) is 2.34. The van der Waals surface area contributed by atoms with Crippen LogP contribution >= 0.6 is 11.6 Å². The number of hydrogen-bond donors (Lipinski definition) is 1. The summed E-state index contributed by atoms with van der Waals surface area (Å²) in [6.45, 7) is 1.77. The number of halogens is 1. The van der Waals surface area contributed by atoms with Crippen molar-refractivity contribution in [2.75, 3.05) is 26.3 Å². The van der Waals surface area contributed by atoms with Gasteiger partial charge in [0.05, 0.1) is 24.3 Å². The molecule has 0 atom stereocenters. The lowest BCUT2D eigenvalue weighted by Gasteiger charge is -2.31. The molecule has 2 rings (SSSR count). The topological polar surface area (TPSA) is 54.7 Å². The summed E-state index contributed by atoms with van der Waals surface area (Å²) in [7, 11) is 1.82. The lowest BCUT2D eigenvalue weighted by Crippen LogP contribution is -2.41. The Hall–Kier alpha value is -1.04. The number of ether oxygens (including phenoxy) is 1. The molecule has 0 radical (unpaired) electrons. The summed E-state index contributed by atoms with van der Waals surface area (Å²) in [5.74, 6) is 0.00927. The minimum atomic E-state index is 0.00927. The number of amides is 1. The van der Waals surface area contributed by atoms with E-state index in [4.69, 9.17) is 21.4 Å². The Balaban J connectivity index is 1.91. The van der Waals surface area contributed by atoms with Crippen LogP contribution in [0.5, 0.6) is 0 Å². The highest BCUT2D eigenvalue weighted by Gasteiger charge is 2.25. The Morgan fingerprint density at radius 3 is 2.74 bits per heavy atom. The number of aromatic nitrogens is 1. The third kappa shape index (κ3) is 3.49. The number of nitrogens with zero attached hydrogens (tertiary/aromatic N) is 2. The standard InChI is InChI=1S/C13H19ClN2O3/c1-15-9-10(14)8-12(15)13(18)16-4-2-11(3-5-16)19-7-6-17/h8-9,11,17H,2-7H2,1H3. The quantitative estimate of drug-likeness (QED) is 0.907. The monoisotopic (exact) mass is 286 g/mol. The van der Waals surface area contributed by atoms with Gasteiger partial charge in [0.2, 0.25) is 0 Å². The van der Waals surface area contributed by atoms with Crippen molar-refractivity contribution in [3.63, 3.8) is 0 Å². The fourth-order valence-corrected chi connectivity index (χ4v) is 2.59. The molecule has 0 aliphatic carbocycles. The van der Waals surface area contributed by atoms with Gasteiger partial charge in [0.15, 0.2) is 0 Å². The summed E-state index contributed by atoms with van der Waals surface area (Å²) in [4.78, 5) is 14.1. The summed E-state index contributed by atoms with van der Waals surface area (Å²) < 4.78 is 7.23. The number of likely N-dealkylation sites (tertiary alicyclic amines) is 1. The number of carbonyl (C=O) groups is 1. The van der Waals surface area contributed by atoms with Gasteiger partial charge in [-0.25, -0.2) is 0 Å². The molecule has 1 N–H and O–H groups in total. The van der Waals surface area contributed by atoms with Crippen molar-refractivity contribution in [2.24, 2.45) is 7.05 Å². The molecule has 1 aromatic heterocycles. The molecule has 1 fully saturated rings. The summed E-state index contributed by atoms with van der Waals surface area (Å²) in [6, 6.07) is 1.69. The van der Waals surface area contributed by atoms with Gasteiger partial charge in [0.1, 0.15) is 5.69 Å². The van der Waals surface area contributed by atoms with Crippen molar-refractivity contribution in [2.45, 2.75) is 18.9 Å². The average molecular weight is 287 g/mol. The van der Waals surface area contributed by atoms with Gasteiger partial charge in [0, 0.05) is 26.3 Å². The number of piperidine rings is 1. The molecule has 19 heavy (non-hydrogen) atoms. The number of aryl methyl sites for hydroxylation is 1. The van der Waals surface area contributed by atoms with Crippen LogP contribution in [0.2, 0.25) is 5.02 Å². The van der Waals surface area contributed by atoms with Crippen LogP contribution in [0.15, 0.2) is 12.3 Å². The maximum Gasteiger partial charge on any atom is 0.270 e. The maximum absolute atomic E-state index is 12.3. The first-order valence-corrected chi connectivity index (χ1v) is 6.83. The molecule has 1 aliphatic heterocycles. The average Bonchev–Trinajstić information content (AvgIpc) is 2.75. The van der Waals surface area contributed by atoms with Crippen LogP contribution < -0.4 is 0 Å². The molecular formula is C13H19ClN2O3. The minimum Gasteiger partial charge on any atom is -0.394 e. The Kier molecular flexibility index (Phi) is 4.85. The third-order valence-electron chi connectivity index (χ3n) is 3.36. The van der Waals surface area contributed by atoms with Crippen LogP contribution in [-0.2, 0) is 11.8 Å². The van der Waals surface area contributed by atoms with E-state index in [-0.39, 0.29) is 18.6 Å². The highest BCUT2D eigenvalue weighted by atomic mass is 35.5. The van der Waals surface area contributed by atoms with Crippen LogP contribution in [0.4, 0.5) is 0 Å². The molecule has 0 saturated carbocycles. The summed E-state index contributed by atoms with van der Waals surface area (Å²) >= 11 is 5.89. The predicted molar refractivity (Wildman–Crippen MR) is 72.4 cm³/mol. The van der Waals surface area contributed by atoms with Crippen LogP contribution in [-0.4, -0.2) is 52.9 Å². The molecule has 0 bridgehead atoms. The van der Waals surface area contributed by atoms with E-state index in [9.17, 15) is 4.79 Å². The van der Waals surface area contributed by atoms with Gasteiger partial charge in [-0.1, -0.05) is 11.6 Å². The second-order valence-corrected chi connectivity index (χ2v) is 5.18. The lowest BCUT2D eigenvalue weighted by atomic mass is 10.1. The molecule has 1 saturated heterocycles. The SMILES string of the molecule is Cn1cc(Cl)cc1C(=O)N1CCC(OCCO)CC1. The van der Waals surface area contributed by atoms with E-state index in [1.165, 1.54) is 0 Å². The van der Waals surface area contributed by atoms with Gasteiger partial charge in [-0.05, 0) is 18.9 Å². The zero-order chi connectivity index (χ0) is 13.8. The normalized spacial score (nSPS) is 16.9. The lowest BCUT2D eigenvalue weighted by molar-refractivity contribution is -0.00570. The smallest absolute Gasteiger partial charge is 0.270 e. The van der Waals surface area contributed by atoms with E-state index in [2.05, 4.69) is 0 Å². The number of carbonyl (C=O) groups excluding carboxylic acids is 1. The van der Waals surface area contributed by atoms with Crippen molar-refractivity contribution in [1.29, 1.82) is 0 Å². The van der Waals surface area contributed by atoms with E-state index in [0.29, 0.717) is 30.4 Å². The van der Waals surface area contributed by atoms with E-state index in [1.54, 1.807) is 16.8 Å². The van der Waals surface area contributed by atoms with Gasteiger partial charge in [0.25, 0.3) is 5.91 Å². The zero-order valence-corrected chi connectivity index (χ0v) is 11.8. The molecule has 0 aromatic carbocycles. The molecule has 2 heterocycles. The molecule has 5 nitrogen and oxygen atoms in total. The first-order chi connectivity index (χ1) is 9.11. The molecule has 0 spiro atoms. The third-order valence-corrected chi connectivity index (χ3v) is 3.57. The van der Waals surface area contributed by atoms with Crippen LogP contribution in [0, 0.1) is 0 Å². The largest absolute Gasteiger partial charge is 0.394 e. The highest BCUT2D eigenvalue weighted by molar-refractivity contribution is 6.31.